The second-order valence-electron chi connectivity index (χ2n) is 7.70. The van der Waals surface area contributed by atoms with E-state index < -0.39 is 0 Å². The maximum absolute atomic E-state index is 11.7. The van der Waals surface area contributed by atoms with E-state index in [1.807, 2.05) is 41.5 Å². The third kappa shape index (κ3) is 8.87. The SMILES string of the molecule is CC(C)(C)n1ncc(Cl)c(Cl)c1=O.Cc1c(Cl)cnn(C(C)(C)C)c1=O.[Br-].[CH3-].[Mg+2]. The Morgan fingerprint density at radius 3 is 1.52 bits per heavy atom. The molecule has 6 nitrogen and oxygen atoms in total. The molecule has 0 aliphatic carbocycles. The minimum atomic E-state index is -0.384. The van der Waals surface area contributed by atoms with E-state index in [9.17, 15) is 9.59 Å². The van der Waals surface area contributed by atoms with E-state index in [0.29, 0.717) is 10.6 Å². The predicted octanol–water partition coefficient (Wildman–Crippen LogP) is 1.34. The van der Waals surface area contributed by atoms with Crippen molar-refractivity contribution >= 4 is 57.9 Å². The summed E-state index contributed by atoms with van der Waals surface area (Å²) in [5.41, 5.74) is -0.620. The van der Waals surface area contributed by atoms with Crippen molar-refractivity contribution in [1.82, 2.24) is 19.6 Å². The molecule has 0 aliphatic heterocycles. The van der Waals surface area contributed by atoms with E-state index >= 15 is 0 Å². The third-order valence-electron chi connectivity index (χ3n) is 3.31. The van der Waals surface area contributed by atoms with Crippen LogP contribution in [0, 0.1) is 14.4 Å². The van der Waals surface area contributed by atoms with Crippen LogP contribution in [-0.4, -0.2) is 42.6 Å². The summed E-state index contributed by atoms with van der Waals surface area (Å²) < 4.78 is 2.75. The molecule has 11 heteroatoms. The molecule has 0 saturated carbocycles. The number of nitrogens with zero attached hydrogens (tertiary/aromatic N) is 4. The molecule has 2 rings (SSSR count). The average molecular weight is 541 g/mol. The molecule has 0 aliphatic rings. The Labute approximate surface area is 213 Å². The first-order valence-electron chi connectivity index (χ1n) is 7.86. The Morgan fingerprint density at radius 2 is 1.14 bits per heavy atom. The molecule has 0 saturated heterocycles. The van der Waals surface area contributed by atoms with E-state index in [-0.39, 0.29) is 79.7 Å². The number of hydrogen-bond acceptors (Lipinski definition) is 4. The number of aromatic nitrogens is 4. The summed E-state index contributed by atoms with van der Waals surface area (Å²) in [5.74, 6) is 0. The van der Waals surface area contributed by atoms with Crippen LogP contribution in [0.4, 0.5) is 0 Å². The molecule has 0 N–H and O–H groups in total. The van der Waals surface area contributed by atoms with Gasteiger partial charge in [-0.05, 0) is 48.5 Å². The second kappa shape index (κ2) is 12.7. The van der Waals surface area contributed by atoms with Crippen molar-refractivity contribution in [3.63, 3.8) is 0 Å². The fraction of sp³-hybridized carbons (Fsp3) is 0.500. The standard InChI is InChI=1S/C9H13ClN2O.C8H10Cl2N2O.CH3.BrH.Mg/c1-6-7(10)5-11-12(8(6)13)9(2,3)4;1-8(2,3)12-7(13)6(10)5(9)4-11-12;;;/h5H,1-4H3;4H,1-3H3;1H3;1H;/q;;-1;;+2/p-1. The van der Waals surface area contributed by atoms with E-state index in [0.717, 1.165) is 0 Å². The van der Waals surface area contributed by atoms with Crippen molar-refractivity contribution < 1.29 is 17.0 Å². The molecule has 0 unspecified atom stereocenters. The zero-order valence-electron chi connectivity index (χ0n) is 18.0. The van der Waals surface area contributed by atoms with Crippen LogP contribution in [-0.2, 0) is 11.1 Å². The van der Waals surface area contributed by atoms with Gasteiger partial charge in [0.15, 0.2) is 0 Å². The first kappa shape index (κ1) is 33.5. The van der Waals surface area contributed by atoms with Crippen molar-refractivity contribution in [3.05, 3.63) is 61.2 Å². The maximum Gasteiger partial charge on any atom is 2.00 e. The van der Waals surface area contributed by atoms with Crippen LogP contribution in [0.15, 0.2) is 22.0 Å². The molecule has 160 valence electrons. The fourth-order valence-electron chi connectivity index (χ4n) is 1.89. The zero-order chi connectivity index (χ0) is 20.4. The van der Waals surface area contributed by atoms with E-state index in [1.165, 1.54) is 21.8 Å². The molecule has 0 bridgehead atoms. The summed E-state index contributed by atoms with van der Waals surface area (Å²) in [7, 11) is 0. The van der Waals surface area contributed by atoms with Gasteiger partial charge in [0, 0.05) is 5.56 Å². The third-order valence-corrected chi connectivity index (χ3v) is 4.43. The maximum atomic E-state index is 11.7. The Balaban J connectivity index is -0.000000422. The molecule has 0 aromatic carbocycles. The van der Waals surface area contributed by atoms with Gasteiger partial charge in [-0.15, -0.1) is 0 Å². The first-order chi connectivity index (χ1) is 11.7. The van der Waals surface area contributed by atoms with Crippen LogP contribution in [0.1, 0.15) is 47.1 Å². The monoisotopic (exact) mass is 538 g/mol. The summed E-state index contributed by atoms with van der Waals surface area (Å²) in [5, 5.41) is 8.51. The Bertz CT molecular complexity index is 844. The van der Waals surface area contributed by atoms with Crippen molar-refractivity contribution in [3.8, 4) is 0 Å². The first-order valence-corrected chi connectivity index (χ1v) is 9.00. The molecule has 0 radical (unpaired) electrons. The van der Waals surface area contributed by atoms with Crippen molar-refractivity contribution in [2.24, 2.45) is 0 Å². The molecule has 2 aromatic heterocycles. The predicted molar refractivity (Wildman–Crippen MR) is 119 cm³/mol. The topological polar surface area (TPSA) is 69.8 Å². The van der Waals surface area contributed by atoms with Gasteiger partial charge < -0.3 is 24.4 Å². The fourth-order valence-corrected chi connectivity index (χ4v) is 2.26. The molecule has 0 fully saturated rings. The minimum Gasteiger partial charge on any atom is -1.00 e. The normalized spacial score (nSPS) is 10.6. The van der Waals surface area contributed by atoms with E-state index in [2.05, 4.69) is 10.2 Å². The average Bonchev–Trinajstić information content (AvgIpc) is 2.48. The van der Waals surface area contributed by atoms with Gasteiger partial charge in [0.1, 0.15) is 5.02 Å². The quantitative estimate of drug-likeness (QED) is 0.374. The summed E-state index contributed by atoms with van der Waals surface area (Å²) in [4.78, 5) is 23.2. The van der Waals surface area contributed by atoms with Gasteiger partial charge in [0.2, 0.25) is 0 Å². The summed E-state index contributed by atoms with van der Waals surface area (Å²) >= 11 is 17.1. The molecule has 29 heavy (non-hydrogen) atoms. The van der Waals surface area contributed by atoms with E-state index in [4.69, 9.17) is 34.8 Å². The zero-order valence-corrected chi connectivity index (χ0v) is 23.2. The van der Waals surface area contributed by atoms with Gasteiger partial charge >= 0.3 is 23.1 Å². The van der Waals surface area contributed by atoms with Crippen LogP contribution in [0.25, 0.3) is 0 Å². The van der Waals surface area contributed by atoms with Gasteiger partial charge in [0.05, 0.1) is 33.5 Å². The minimum absolute atomic E-state index is 0. The number of rotatable bonds is 0. The summed E-state index contributed by atoms with van der Waals surface area (Å²) in [6.07, 6.45) is 2.88. The molecule has 2 heterocycles. The van der Waals surface area contributed by atoms with Crippen molar-refractivity contribution in [2.45, 2.75) is 59.5 Å². The van der Waals surface area contributed by atoms with Crippen LogP contribution in [0.5, 0.6) is 0 Å². The van der Waals surface area contributed by atoms with E-state index in [1.54, 1.807) is 6.92 Å². The molecular formula is C18H26BrCl3MgN4O2. The molecule has 0 amide bonds. The summed E-state index contributed by atoms with van der Waals surface area (Å²) in [6, 6.07) is 0. The number of halogens is 4. The molecule has 0 atom stereocenters. The van der Waals surface area contributed by atoms with Gasteiger partial charge in [-0.2, -0.15) is 10.2 Å². The smallest absolute Gasteiger partial charge is 1.00 e. The van der Waals surface area contributed by atoms with Crippen LogP contribution >= 0.6 is 34.8 Å². The Hall–Kier alpha value is -0.124. The van der Waals surface area contributed by atoms with Crippen LogP contribution in [0.3, 0.4) is 0 Å². The Morgan fingerprint density at radius 1 is 0.793 bits per heavy atom. The number of hydrogen-bond donors (Lipinski definition) is 0. The molecule has 0 spiro atoms. The van der Waals surface area contributed by atoms with Gasteiger partial charge in [0.25, 0.3) is 11.1 Å². The van der Waals surface area contributed by atoms with Gasteiger partial charge in [-0.3, -0.25) is 9.59 Å². The largest absolute Gasteiger partial charge is 2.00 e. The molecule has 2 aromatic rings. The van der Waals surface area contributed by atoms with Crippen LogP contribution < -0.4 is 28.1 Å². The van der Waals surface area contributed by atoms with Crippen LogP contribution in [0.2, 0.25) is 15.1 Å². The molecular weight excluding hydrogens is 515 g/mol. The van der Waals surface area contributed by atoms with Crippen molar-refractivity contribution in [2.75, 3.05) is 0 Å². The van der Waals surface area contributed by atoms with Gasteiger partial charge in [-0.25, -0.2) is 9.36 Å². The van der Waals surface area contributed by atoms with Gasteiger partial charge in [-0.1, -0.05) is 34.8 Å². The Kier molecular flexibility index (Phi) is 14.6. The second-order valence-corrected chi connectivity index (χ2v) is 8.89. The summed E-state index contributed by atoms with van der Waals surface area (Å²) in [6.45, 7) is 13.1. The van der Waals surface area contributed by atoms with Crippen molar-refractivity contribution in [1.29, 1.82) is 0 Å².